The number of rotatable bonds is 3. The fourth-order valence-corrected chi connectivity index (χ4v) is 1.69. The number of carbonyl (C=O) groups excluding carboxylic acids is 1. The van der Waals surface area contributed by atoms with Crippen molar-refractivity contribution in [3.63, 3.8) is 0 Å². The van der Waals surface area contributed by atoms with Gasteiger partial charge in [0.05, 0.1) is 0 Å². The van der Waals surface area contributed by atoms with E-state index in [1.54, 1.807) is 36.4 Å². The van der Waals surface area contributed by atoms with Crippen LogP contribution in [-0.4, -0.2) is 11.0 Å². The lowest BCUT2D eigenvalue weighted by Crippen LogP contribution is -2.18. The molecule has 0 fully saturated rings. The second-order valence-corrected chi connectivity index (χ2v) is 4.33. The second kappa shape index (κ2) is 5.97. The topological polar surface area (TPSA) is 67.2 Å². The lowest BCUT2D eigenvalue weighted by atomic mass is 10.2. The molecule has 2 aromatic carbocycles. The van der Waals surface area contributed by atoms with Crippen molar-refractivity contribution in [1.82, 2.24) is 0 Å². The number of hydrogen-bond acceptors (Lipinski definition) is 2. The molecule has 0 aliphatic heterocycles. The third-order valence-electron chi connectivity index (χ3n) is 2.45. The van der Waals surface area contributed by atoms with Crippen molar-refractivity contribution in [2.75, 3.05) is 10.6 Å². The molecular formula is C14H13N3OS. The molecule has 4 nitrogen and oxygen atoms in total. The number of carbonyl (C=O) groups is 1. The average molecular weight is 271 g/mol. The van der Waals surface area contributed by atoms with Crippen LogP contribution in [0.25, 0.3) is 0 Å². The van der Waals surface area contributed by atoms with Gasteiger partial charge in [-0.3, -0.25) is 4.79 Å². The third-order valence-corrected chi connectivity index (χ3v) is 2.55. The number of hydrogen-bond donors (Lipinski definition) is 3. The summed E-state index contributed by atoms with van der Waals surface area (Å²) in [5.74, 6) is -0.143. The summed E-state index contributed by atoms with van der Waals surface area (Å²) in [5.41, 5.74) is 7.48. The first kappa shape index (κ1) is 13.0. The van der Waals surface area contributed by atoms with Crippen LogP contribution in [0.5, 0.6) is 0 Å². The van der Waals surface area contributed by atoms with E-state index >= 15 is 0 Å². The van der Waals surface area contributed by atoms with Gasteiger partial charge in [0.1, 0.15) is 0 Å². The first-order valence-corrected chi connectivity index (χ1v) is 6.09. The average Bonchev–Trinajstić information content (AvgIpc) is 2.41. The summed E-state index contributed by atoms with van der Waals surface area (Å²) >= 11 is 4.74. The van der Waals surface area contributed by atoms with Crippen LogP contribution in [0.1, 0.15) is 10.4 Å². The van der Waals surface area contributed by atoms with E-state index < -0.39 is 0 Å². The van der Waals surface area contributed by atoms with Gasteiger partial charge in [-0.15, -0.1) is 0 Å². The Labute approximate surface area is 116 Å². The Bertz CT molecular complexity index is 581. The van der Waals surface area contributed by atoms with Crippen molar-refractivity contribution < 1.29 is 4.79 Å². The maximum absolute atomic E-state index is 11.9. The molecule has 0 unspecified atom stereocenters. The van der Waals surface area contributed by atoms with E-state index in [4.69, 9.17) is 18.0 Å². The van der Waals surface area contributed by atoms with Crippen LogP contribution >= 0.6 is 12.2 Å². The second-order valence-electron chi connectivity index (χ2n) is 3.89. The molecule has 0 aliphatic carbocycles. The predicted molar refractivity (Wildman–Crippen MR) is 81.2 cm³/mol. The number of nitrogens with two attached hydrogens (primary N) is 1. The fraction of sp³-hybridized carbons (Fsp3) is 0. The van der Waals surface area contributed by atoms with Crippen LogP contribution in [0.15, 0.2) is 54.6 Å². The van der Waals surface area contributed by atoms with Gasteiger partial charge in [-0.25, -0.2) is 0 Å². The quantitative estimate of drug-likeness (QED) is 0.751. The zero-order valence-electron chi connectivity index (χ0n) is 10.1. The van der Waals surface area contributed by atoms with E-state index in [2.05, 4.69) is 10.6 Å². The summed E-state index contributed by atoms with van der Waals surface area (Å²) in [5, 5.41) is 5.83. The summed E-state index contributed by atoms with van der Waals surface area (Å²) in [6, 6.07) is 16.2. The molecule has 0 spiro atoms. The SMILES string of the molecule is NC(=S)Nc1ccc(NC(=O)c2ccccc2)cc1. The molecule has 0 heterocycles. The van der Waals surface area contributed by atoms with Crippen LogP contribution in [0.3, 0.4) is 0 Å². The van der Waals surface area contributed by atoms with Crippen molar-refractivity contribution >= 4 is 34.6 Å². The molecule has 19 heavy (non-hydrogen) atoms. The Hall–Kier alpha value is -2.40. The first-order valence-electron chi connectivity index (χ1n) is 5.68. The molecule has 2 aromatic rings. The molecule has 1 amide bonds. The van der Waals surface area contributed by atoms with E-state index in [0.29, 0.717) is 11.3 Å². The maximum atomic E-state index is 11.9. The van der Waals surface area contributed by atoms with Gasteiger partial charge < -0.3 is 16.4 Å². The minimum Gasteiger partial charge on any atom is -0.376 e. The molecule has 0 saturated heterocycles. The summed E-state index contributed by atoms with van der Waals surface area (Å²) in [4.78, 5) is 11.9. The highest BCUT2D eigenvalue weighted by molar-refractivity contribution is 7.80. The summed E-state index contributed by atoms with van der Waals surface area (Å²) in [6.45, 7) is 0. The lowest BCUT2D eigenvalue weighted by molar-refractivity contribution is 0.102. The Morgan fingerprint density at radius 1 is 0.895 bits per heavy atom. The van der Waals surface area contributed by atoms with Gasteiger partial charge in [0.25, 0.3) is 5.91 Å². The van der Waals surface area contributed by atoms with Gasteiger partial charge in [-0.2, -0.15) is 0 Å². The van der Waals surface area contributed by atoms with Crippen molar-refractivity contribution in [3.05, 3.63) is 60.2 Å². The Balaban J connectivity index is 2.04. The maximum Gasteiger partial charge on any atom is 0.255 e. The monoisotopic (exact) mass is 271 g/mol. The zero-order chi connectivity index (χ0) is 13.7. The van der Waals surface area contributed by atoms with Gasteiger partial charge >= 0.3 is 0 Å². The zero-order valence-corrected chi connectivity index (χ0v) is 10.9. The highest BCUT2D eigenvalue weighted by Crippen LogP contribution is 2.14. The van der Waals surface area contributed by atoms with Crippen LogP contribution in [0.2, 0.25) is 0 Å². The number of anilines is 2. The van der Waals surface area contributed by atoms with Crippen molar-refractivity contribution in [2.45, 2.75) is 0 Å². The molecule has 0 radical (unpaired) electrons. The molecule has 2 rings (SSSR count). The minimum absolute atomic E-state index is 0.143. The van der Waals surface area contributed by atoms with E-state index in [9.17, 15) is 4.79 Å². The third kappa shape index (κ3) is 3.79. The van der Waals surface area contributed by atoms with Crippen LogP contribution in [0.4, 0.5) is 11.4 Å². The highest BCUT2D eigenvalue weighted by atomic mass is 32.1. The normalized spacial score (nSPS) is 9.68. The Morgan fingerprint density at radius 3 is 1.95 bits per heavy atom. The number of benzene rings is 2. The molecule has 0 saturated carbocycles. The lowest BCUT2D eigenvalue weighted by Gasteiger charge is -2.07. The van der Waals surface area contributed by atoms with E-state index in [1.807, 2.05) is 18.2 Å². The van der Waals surface area contributed by atoms with Gasteiger partial charge in [-0.1, -0.05) is 18.2 Å². The van der Waals surface area contributed by atoms with E-state index in [1.165, 1.54) is 0 Å². The van der Waals surface area contributed by atoms with Gasteiger partial charge in [0.2, 0.25) is 0 Å². The van der Waals surface area contributed by atoms with Crippen LogP contribution in [-0.2, 0) is 0 Å². The highest BCUT2D eigenvalue weighted by Gasteiger charge is 2.04. The van der Waals surface area contributed by atoms with Crippen molar-refractivity contribution in [1.29, 1.82) is 0 Å². The molecule has 4 N–H and O–H groups in total. The molecule has 0 aliphatic rings. The molecule has 0 atom stereocenters. The fourth-order valence-electron chi connectivity index (χ4n) is 1.57. The summed E-state index contributed by atoms with van der Waals surface area (Å²) < 4.78 is 0. The molecular weight excluding hydrogens is 258 g/mol. The van der Waals surface area contributed by atoms with Crippen LogP contribution in [0, 0.1) is 0 Å². The predicted octanol–water partition coefficient (Wildman–Crippen LogP) is 2.59. The van der Waals surface area contributed by atoms with Gasteiger partial charge in [0.15, 0.2) is 5.11 Å². The smallest absolute Gasteiger partial charge is 0.255 e. The number of nitrogens with one attached hydrogen (secondary N) is 2. The van der Waals surface area contributed by atoms with Gasteiger partial charge in [0, 0.05) is 16.9 Å². The summed E-state index contributed by atoms with van der Waals surface area (Å²) in [7, 11) is 0. The standard InChI is InChI=1S/C14H13N3OS/c15-14(19)17-12-8-6-11(7-9-12)16-13(18)10-4-2-1-3-5-10/h1-9H,(H,16,18)(H3,15,17,19). The molecule has 0 aromatic heterocycles. The largest absolute Gasteiger partial charge is 0.376 e. The van der Waals surface area contributed by atoms with Crippen molar-refractivity contribution in [3.8, 4) is 0 Å². The minimum atomic E-state index is -0.143. The number of amides is 1. The number of thiocarbonyl (C=S) groups is 1. The molecule has 96 valence electrons. The van der Waals surface area contributed by atoms with E-state index in [0.717, 1.165) is 5.69 Å². The Kier molecular flexibility index (Phi) is 4.10. The molecule has 5 heteroatoms. The van der Waals surface area contributed by atoms with Crippen molar-refractivity contribution in [2.24, 2.45) is 5.73 Å². The van der Waals surface area contributed by atoms with Gasteiger partial charge in [-0.05, 0) is 48.6 Å². The van der Waals surface area contributed by atoms with Crippen LogP contribution < -0.4 is 16.4 Å². The molecule has 0 bridgehead atoms. The summed E-state index contributed by atoms with van der Waals surface area (Å²) in [6.07, 6.45) is 0. The first-order chi connectivity index (χ1) is 9.15. The Morgan fingerprint density at radius 2 is 1.42 bits per heavy atom. The van der Waals surface area contributed by atoms with E-state index in [-0.39, 0.29) is 11.0 Å².